The van der Waals surface area contributed by atoms with Crippen LogP contribution in [0.3, 0.4) is 0 Å². The van der Waals surface area contributed by atoms with Crippen LogP contribution in [0.4, 0.5) is 26.3 Å². The molecule has 24 heavy (non-hydrogen) atoms. The quantitative estimate of drug-likeness (QED) is 0.395. The molecule has 0 bridgehead atoms. The Morgan fingerprint density at radius 1 is 1.04 bits per heavy atom. The molecule has 140 valence electrons. The van der Waals surface area contributed by atoms with E-state index in [9.17, 15) is 36.2 Å². The van der Waals surface area contributed by atoms with Crippen molar-refractivity contribution >= 4 is 5.97 Å². The maximum Gasteiger partial charge on any atom is 0.399 e. The van der Waals surface area contributed by atoms with Crippen LogP contribution >= 0.6 is 0 Å². The predicted molar refractivity (Wildman–Crippen MR) is 72.8 cm³/mol. The maximum atomic E-state index is 12.5. The average molecular weight is 361 g/mol. The van der Waals surface area contributed by atoms with Gasteiger partial charge in [0.25, 0.3) is 0 Å². The van der Waals surface area contributed by atoms with Crippen LogP contribution in [-0.4, -0.2) is 30.5 Å². The number of carbonyl (C=O) groups is 1. The van der Waals surface area contributed by atoms with Gasteiger partial charge in [-0.2, -0.15) is 26.3 Å². The van der Waals surface area contributed by atoms with Crippen LogP contribution in [0.1, 0.15) is 33.6 Å². The van der Waals surface area contributed by atoms with Gasteiger partial charge in [-0.25, -0.2) is 0 Å². The number of hydrogen-bond donors (Lipinski definition) is 0. The highest BCUT2D eigenvalue weighted by Crippen LogP contribution is 2.42. The molecule has 0 aromatic heterocycles. The van der Waals surface area contributed by atoms with Crippen LogP contribution in [0.5, 0.6) is 0 Å². The zero-order valence-corrected chi connectivity index (χ0v) is 13.5. The summed E-state index contributed by atoms with van der Waals surface area (Å²) in [5, 5.41) is 11.2. The van der Waals surface area contributed by atoms with Gasteiger partial charge < -0.3 is 9.84 Å². The smallest absolute Gasteiger partial charge is 0.399 e. The lowest BCUT2D eigenvalue weighted by Crippen LogP contribution is -2.71. The van der Waals surface area contributed by atoms with E-state index in [2.05, 4.69) is 17.9 Å². The molecule has 0 heterocycles. The lowest BCUT2D eigenvalue weighted by molar-refractivity contribution is -0.574. The second kappa shape index (κ2) is 7.16. The lowest BCUT2D eigenvalue weighted by Gasteiger charge is -2.40. The molecule has 0 radical (unpaired) electrons. The van der Waals surface area contributed by atoms with Gasteiger partial charge in [-0.15, -0.1) is 0 Å². The Morgan fingerprint density at radius 2 is 1.46 bits per heavy atom. The van der Waals surface area contributed by atoms with E-state index in [4.69, 9.17) is 0 Å². The van der Waals surface area contributed by atoms with E-state index >= 15 is 0 Å². The van der Waals surface area contributed by atoms with Gasteiger partial charge in [0, 0.05) is 0 Å². The van der Waals surface area contributed by atoms with Crippen molar-refractivity contribution in [3.05, 3.63) is 24.3 Å². The minimum absolute atomic E-state index is 0.260. The van der Waals surface area contributed by atoms with Gasteiger partial charge in [0.1, 0.15) is 0 Å². The van der Waals surface area contributed by atoms with Crippen LogP contribution in [-0.2, 0) is 9.53 Å². The number of rotatable bonds is 7. The number of halogens is 6. The molecule has 0 rings (SSSR count). The van der Waals surface area contributed by atoms with Crippen molar-refractivity contribution in [3.8, 4) is 0 Å². The van der Waals surface area contributed by atoms with Crippen molar-refractivity contribution < 1.29 is 41.0 Å². The fraction of sp³-hybridized carbons (Fsp3) is 0.667. The monoisotopic (exact) mass is 361 g/mol. The van der Waals surface area contributed by atoms with Crippen molar-refractivity contribution in [1.82, 2.24) is 0 Å². The van der Waals surface area contributed by atoms with Crippen LogP contribution in [0.2, 0.25) is 0 Å². The zero-order valence-electron chi connectivity index (χ0n) is 13.5. The third-order valence-electron chi connectivity index (χ3n) is 3.39. The molecule has 0 aromatic rings. The molecule has 0 unspecified atom stereocenters. The summed E-state index contributed by atoms with van der Waals surface area (Å²) in [6.45, 7) is 11.2. The standard InChI is InChI=1S/C15H19F6O3/c1-9(2)10(3)6-7-12(4,5)8-24-11(22)13(23,14(16,17)18)15(19,20)21/h1,3,6-8H2,2,4-5H3/q-1. The maximum absolute atomic E-state index is 12.5. The molecule has 0 saturated heterocycles. The van der Waals surface area contributed by atoms with Crippen LogP contribution in [0.15, 0.2) is 24.3 Å². The van der Waals surface area contributed by atoms with E-state index in [0.717, 1.165) is 0 Å². The average Bonchev–Trinajstić information content (AvgIpc) is 2.38. The highest BCUT2D eigenvalue weighted by molar-refractivity contribution is 5.81. The van der Waals surface area contributed by atoms with Gasteiger partial charge in [-0.3, -0.25) is 4.79 Å². The van der Waals surface area contributed by atoms with Crippen molar-refractivity contribution in [2.45, 2.75) is 51.6 Å². The molecule has 0 spiro atoms. The second-order valence-electron chi connectivity index (χ2n) is 6.30. The molecular formula is C15H19F6O3-. The normalized spacial score (nSPS) is 13.6. The Balaban J connectivity index is 5.04. The van der Waals surface area contributed by atoms with E-state index in [1.165, 1.54) is 13.8 Å². The van der Waals surface area contributed by atoms with Gasteiger partial charge in [-0.1, -0.05) is 38.2 Å². The summed E-state index contributed by atoms with van der Waals surface area (Å²) >= 11 is 0. The molecule has 0 aliphatic carbocycles. The molecular weight excluding hydrogens is 342 g/mol. The van der Waals surface area contributed by atoms with Crippen molar-refractivity contribution in [2.24, 2.45) is 5.41 Å². The van der Waals surface area contributed by atoms with Gasteiger partial charge in [0.15, 0.2) is 5.60 Å². The van der Waals surface area contributed by atoms with Crippen LogP contribution in [0.25, 0.3) is 0 Å². The summed E-state index contributed by atoms with van der Waals surface area (Å²) in [4.78, 5) is 11.2. The van der Waals surface area contributed by atoms with E-state index in [-0.39, 0.29) is 6.42 Å². The Hall–Kier alpha value is -1.51. The predicted octanol–water partition coefficient (Wildman–Crippen LogP) is 3.69. The lowest BCUT2D eigenvalue weighted by atomic mass is 9.86. The fourth-order valence-corrected chi connectivity index (χ4v) is 1.53. The van der Waals surface area contributed by atoms with Crippen molar-refractivity contribution in [2.75, 3.05) is 6.61 Å². The first-order valence-electron chi connectivity index (χ1n) is 6.80. The Labute approximate surface area is 136 Å². The molecule has 0 aliphatic heterocycles. The van der Waals surface area contributed by atoms with E-state index in [0.29, 0.717) is 17.6 Å². The fourth-order valence-electron chi connectivity index (χ4n) is 1.53. The molecule has 3 nitrogen and oxygen atoms in total. The largest absolute Gasteiger partial charge is 0.828 e. The van der Waals surface area contributed by atoms with Crippen molar-refractivity contribution in [3.63, 3.8) is 0 Å². The number of ether oxygens (including phenoxy) is 1. The highest BCUT2D eigenvalue weighted by Gasteiger charge is 2.68. The Bertz CT molecular complexity index is 488. The summed E-state index contributed by atoms with van der Waals surface area (Å²) < 4.78 is 78.8. The third-order valence-corrected chi connectivity index (χ3v) is 3.39. The first-order valence-corrected chi connectivity index (χ1v) is 6.80. The van der Waals surface area contributed by atoms with Crippen molar-refractivity contribution in [1.29, 1.82) is 0 Å². The van der Waals surface area contributed by atoms with Crippen LogP contribution < -0.4 is 5.11 Å². The second-order valence-corrected chi connectivity index (χ2v) is 6.30. The number of hydrogen-bond acceptors (Lipinski definition) is 3. The Morgan fingerprint density at radius 3 is 1.79 bits per heavy atom. The molecule has 9 heteroatoms. The molecule has 0 aliphatic rings. The first kappa shape index (κ1) is 22.5. The van der Waals surface area contributed by atoms with Gasteiger partial charge in [0.05, 0.1) is 6.61 Å². The number of allylic oxidation sites excluding steroid dienone is 2. The minimum Gasteiger partial charge on any atom is -0.828 e. The Kier molecular flexibility index (Phi) is 6.71. The topological polar surface area (TPSA) is 49.4 Å². The van der Waals surface area contributed by atoms with E-state index < -0.39 is 35.9 Å². The molecule has 0 N–H and O–H groups in total. The first-order chi connectivity index (χ1) is 10.5. The summed E-state index contributed by atoms with van der Waals surface area (Å²) in [6.07, 6.45) is -12.1. The van der Waals surface area contributed by atoms with Gasteiger partial charge in [-0.05, 0) is 25.2 Å². The molecule has 0 atom stereocenters. The molecule has 0 amide bonds. The summed E-state index contributed by atoms with van der Waals surface area (Å²) in [7, 11) is 0. The molecule has 0 aromatic carbocycles. The highest BCUT2D eigenvalue weighted by atomic mass is 19.4. The van der Waals surface area contributed by atoms with E-state index in [1.807, 2.05) is 0 Å². The third kappa shape index (κ3) is 5.25. The number of esters is 1. The van der Waals surface area contributed by atoms with E-state index in [1.54, 1.807) is 6.92 Å². The van der Waals surface area contributed by atoms with Gasteiger partial charge in [0.2, 0.25) is 0 Å². The summed E-state index contributed by atoms with van der Waals surface area (Å²) in [6, 6.07) is 0. The minimum atomic E-state index is -6.36. The van der Waals surface area contributed by atoms with Crippen LogP contribution in [0, 0.1) is 5.41 Å². The summed E-state index contributed by atoms with van der Waals surface area (Å²) in [5.74, 6) is -2.91. The molecule has 0 saturated carbocycles. The SMILES string of the molecule is C=C(C)C(=C)CCC(C)(C)COC(=O)C([O-])(C(F)(F)F)C(F)(F)F. The number of alkyl halides is 6. The summed E-state index contributed by atoms with van der Waals surface area (Å²) in [5.41, 5.74) is -5.43. The van der Waals surface area contributed by atoms with Gasteiger partial charge >= 0.3 is 18.3 Å². The molecule has 0 fully saturated rings. The zero-order chi connectivity index (χ0) is 19.6. The number of carbonyl (C=O) groups excluding carboxylic acids is 1.